The van der Waals surface area contributed by atoms with Crippen LogP contribution in [0.4, 0.5) is 0 Å². The van der Waals surface area contributed by atoms with Crippen LogP contribution in [0.3, 0.4) is 0 Å². The number of aromatic hydroxyl groups is 1. The largest absolute Gasteiger partial charge is 0.504 e. The van der Waals surface area contributed by atoms with E-state index in [-0.39, 0.29) is 41.0 Å². The van der Waals surface area contributed by atoms with Gasteiger partial charge < -0.3 is 25.1 Å². The van der Waals surface area contributed by atoms with Gasteiger partial charge in [0.15, 0.2) is 11.5 Å². The summed E-state index contributed by atoms with van der Waals surface area (Å²) >= 11 is 0. The first-order valence-electron chi connectivity index (χ1n) is 7.95. The monoisotopic (exact) mass is 375 g/mol. The van der Waals surface area contributed by atoms with Gasteiger partial charge in [0.05, 0.1) is 25.2 Å². The predicted molar refractivity (Wildman–Crippen MR) is 92.7 cm³/mol. The molecule has 3 rings (SSSR count). The summed E-state index contributed by atoms with van der Waals surface area (Å²) in [5.41, 5.74) is 4.63. The van der Waals surface area contributed by atoms with Gasteiger partial charge >= 0.3 is 11.7 Å². The minimum atomic E-state index is -1.01. The highest BCUT2D eigenvalue weighted by molar-refractivity contribution is 5.92. The number of H-pyrrole nitrogens is 2. The summed E-state index contributed by atoms with van der Waals surface area (Å²) in [6.07, 6.45) is 0. The van der Waals surface area contributed by atoms with Crippen LogP contribution >= 0.6 is 0 Å². The van der Waals surface area contributed by atoms with Crippen molar-refractivity contribution in [2.24, 2.45) is 5.73 Å². The zero-order chi connectivity index (χ0) is 19.7. The maximum absolute atomic E-state index is 12.5. The van der Waals surface area contributed by atoms with Gasteiger partial charge in [0.25, 0.3) is 5.56 Å². The molecular formula is C17H17N3O7. The lowest BCUT2D eigenvalue weighted by Gasteiger charge is -2.27. The van der Waals surface area contributed by atoms with Crippen molar-refractivity contribution < 1.29 is 24.1 Å². The fourth-order valence-electron chi connectivity index (χ4n) is 2.90. The van der Waals surface area contributed by atoms with E-state index in [0.717, 1.165) is 0 Å². The van der Waals surface area contributed by atoms with Crippen LogP contribution in [0.1, 0.15) is 24.0 Å². The van der Waals surface area contributed by atoms with Crippen LogP contribution in [-0.2, 0) is 9.53 Å². The second kappa shape index (κ2) is 6.90. The third kappa shape index (κ3) is 3.12. The Kier molecular flexibility index (Phi) is 4.63. The molecule has 27 heavy (non-hydrogen) atoms. The zero-order valence-electron chi connectivity index (χ0n) is 14.5. The molecule has 1 aromatic heterocycles. The second-order valence-electron chi connectivity index (χ2n) is 5.62. The molecule has 0 saturated carbocycles. The van der Waals surface area contributed by atoms with Gasteiger partial charge in [0, 0.05) is 0 Å². The number of esters is 1. The number of fused-ring (bicyclic) bond motifs is 1. The van der Waals surface area contributed by atoms with Gasteiger partial charge in [-0.05, 0) is 24.6 Å². The number of nitrogens with two attached hydrogens (primary N) is 1. The van der Waals surface area contributed by atoms with E-state index in [1.165, 1.54) is 25.3 Å². The number of hydrogen-bond acceptors (Lipinski definition) is 8. The highest BCUT2D eigenvalue weighted by Crippen LogP contribution is 2.41. The van der Waals surface area contributed by atoms with Crippen LogP contribution in [0.25, 0.3) is 0 Å². The first kappa shape index (κ1) is 18.1. The fraction of sp³-hybridized carbons (Fsp3) is 0.235. The van der Waals surface area contributed by atoms with E-state index in [0.29, 0.717) is 5.56 Å². The van der Waals surface area contributed by atoms with Crippen molar-refractivity contribution in [3.8, 4) is 17.4 Å². The molecule has 1 aliphatic heterocycles. The molecule has 10 nitrogen and oxygen atoms in total. The van der Waals surface area contributed by atoms with Crippen molar-refractivity contribution in [3.05, 3.63) is 61.6 Å². The number of aromatic amines is 2. The maximum Gasteiger partial charge on any atom is 0.340 e. The summed E-state index contributed by atoms with van der Waals surface area (Å²) in [5.74, 6) is -2.27. The van der Waals surface area contributed by atoms with Gasteiger partial charge in [-0.1, -0.05) is 6.07 Å². The van der Waals surface area contributed by atoms with Crippen LogP contribution in [0, 0.1) is 0 Å². The maximum atomic E-state index is 12.5. The molecule has 0 bridgehead atoms. The molecule has 1 unspecified atom stereocenters. The van der Waals surface area contributed by atoms with Gasteiger partial charge in [-0.2, -0.15) is 0 Å². The van der Waals surface area contributed by atoms with E-state index in [9.17, 15) is 19.5 Å². The molecule has 2 heterocycles. The minimum absolute atomic E-state index is 0.0282. The molecule has 0 radical (unpaired) electrons. The lowest BCUT2D eigenvalue weighted by atomic mass is 9.84. The van der Waals surface area contributed by atoms with Gasteiger partial charge in [-0.3, -0.25) is 14.8 Å². The van der Waals surface area contributed by atoms with Crippen LogP contribution in [0.5, 0.6) is 17.4 Å². The van der Waals surface area contributed by atoms with Crippen LogP contribution in [-0.4, -0.2) is 34.8 Å². The quantitative estimate of drug-likeness (QED) is 0.545. The first-order valence-corrected chi connectivity index (χ1v) is 7.95. The number of phenols is 1. The number of ether oxygens (including phenoxy) is 3. The number of aromatic nitrogens is 2. The van der Waals surface area contributed by atoms with E-state index >= 15 is 0 Å². The molecule has 2 aromatic rings. The number of benzene rings is 1. The molecular weight excluding hydrogens is 358 g/mol. The highest BCUT2D eigenvalue weighted by atomic mass is 16.5. The van der Waals surface area contributed by atoms with Crippen molar-refractivity contribution in [3.63, 3.8) is 0 Å². The average Bonchev–Trinajstić information content (AvgIpc) is 2.60. The van der Waals surface area contributed by atoms with Gasteiger partial charge in [0.2, 0.25) is 11.8 Å². The Morgan fingerprint density at radius 1 is 1.33 bits per heavy atom. The Morgan fingerprint density at radius 2 is 2.07 bits per heavy atom. The Bertz CT molecular complexity index is 1050. The summed E-state index contributed by atoms with van der Waals surface area (Å²) in [7, 11) is 1.36. The van der Waals surface area contributed by atoms with E-state index in [1.807, 2.05) is 0 Å². The van der Waals surface area contributed by atoms with Crippen LogP contribution in [0.15, 0.2) is 39.2 Å². The van der Waals surface area contributed by atoms with Crippen molar-refractivity contribution in [1.82, 2.24) is 9.97 Å². The summed E-state index contributed by atoms with van der Waals surface area (Å²) in [4.78, 5) is 41.0. The third-order valence-electron chi connectivity index (χ3n) is 4.03. The Balaban J connectivity index is 2.30. The van der Waals surface area contributed by atoms with E-state index in [2.05, 4.69) is 9.97 Å². The average molecular weight is 375 g/mol. The van der Waals surface area contributed by atoms with Crippen molar-refractivity contribution in [2.45, 2.75) is 12.8 Å². The van der Waals surface area contributed by atoms with Crippen molar-refractivity contribution >= 4 is 5.97 Å². The SMILES string of the molecule is CCOC(=O)C1=C(N)Oc2[nH]c(=O)[nH]c(=O)c2C1c1ccc(O)c(OC)c1. The molecule has 1 aromatic carbocycles. The summed E-state index contributed by atoms with van der Waals surface area (Å²) < 4.78 is 15.4. The van der Waals surface area contributed by atoms with Crippen molar-refractivity contribution in [2.75, 3.05) is 13.7 Å². The molecule has 0 fully saturated rings. The molecule has 5 N–H and O–H groups in total. The number of phenolic OH excluding ortho intramolecular Hbond substituents is 1. The molecule has 0 saturated heterocycles. The van der Waals surface area contributed by atoms with Crippen molar-refractivity contribution in [1.29, 1.82) is 0 Å². The molecule has 142 valence electrons. The number of rotatable bonds is 4. The predicted octanol–water partition coefficient (Wildman–Crippen LogP) is 0.0351. The summed E-state index contributed by atoms with van der Waals surface area (Å²) in [6, 6.07) is 4.29. The highest BCUT2D eigenvalue weighted by Gasteiger charge is 2.38. The van der Waals surface area contributed by atoms with E-state index in [4.69, 9.17) is 19.9 Å². The molecule has 0 aliphatic carbocycles. The molecule has 0 amide bonds. The standard InChI is InChI=1S/C17H17N3O7/c1-3-26-16(23)11-10(7-4-5-8(21)9(6-7)25-2)12-14(22)19-17(24)20-15(12)27-13(11)18/h4-6,10,21H,3,18H2,1-2H3,(H2,19,20,22,24). The normalized spacial score (nSPS) is 15.7. The molecule has 10 heteroatoms. The Morgan fingerprint density at radius 3 is 2.74 bits per heavy atom. The molecule has 1 atom stereocenters. The smallest absolute Gasteiger partial charge is 0.340 e. The van der Waals surface area contributed by atoms with Crippen LogP contribution < -0.4 is 26.5 Å². The zero-order valence-corrected chi connectivity index (χ0v) is 14.5. The topological polar surface area (TPSA) is 157 Å². The number of hydrogen-bond donors (Lipinski definition) is 4. The van der Waals surface area contributed by atoms with Gasteiger partial charge in [-0.25, -0.2) is 9.59 Å². The van der Waals surface area contributed by atoms with Crippen LogP contribution in [0.2, 0.25) is 0 Å². The molecule has 1 aliphatic rings. The lowest BCUT2D eigenvalue weighted by Crippen LogP contribution is -2.35. The van der Waals surface area contributed by atoms with Gasteiger partial charge in [-0.15, -0.1) is 0 Å². The second-order valence-corrected chi connectivity index (χ2v) is 5.62. The molecule has 0 spiro atoms. The van der Waals surface area contributed by atoms with Gasteiger partial charge in [0.1, 0.15) is 5.57 Å². The minimum Gasteiger partial charge on any atom is -0.504 e. The number of methoxy groups -OCH3 is 1. The lowest BCUT2D eigenvalue weighted by molar-refractivity contribution is -0.139. The Labute approximate surface area is 152 Å². The first-order chi connectivity index (χ1) is 12.9. The third-order valence-corrected chi connectivity index (χ3v) is 4.03. The Hall–Kier alpha value is -3.69. The summed E-state index contributed by atoms with van der Waals surface area (Å²) in [6.45, 7) is 1.70. The van der Waals surface area contributed by atoms with E-state index in [1.54, 1.807) is 6.92 Å². The number of carbonyl (C=O) groups excluding carboxylic acids is 1. The fourth-order valence-corrected chi connectivity index (χ4v) is 2.90. The number of carbonyl (C=O) groups is 1. The number of nitrogens with one attached hydrogen (secondary N) is 2. The van der Waals surface area contributed by atoms with E-state index < -0.39 is 23.1 Å². The summed E-state index contributed by atoms with van der Waals surface area (Å²) in [5, 5.41) is 9.84.